The van der Waals surface area contributed by atoms with Crippen LogP contribution in [-0.2, 0) is 9.59 Å². The molecule has 2 rings (SSSR count). The molecule has 1 aliphatic heterocycles. The number of rotatable bonds is 9. The lowest BCUT2D eigenvalue weighted by molar-refractivity contribution is -0.118. The number of amides is 2. The monoisotopic (exact) mass is 382 g/mol. The number of aryl methyl sites for hydroxylation is 1. The van der Waals surface area contributed by atoms with Crippen LogP contribution < -0.4 is 10.6 Å². The second kappa shape index (κ2) is 10.6. The van der Waals surface area contributed by atoms with Gasteiger partial charge in [-0.2, -0.15) is 0 Å². The molecule has 146 valence electrons. The molecule has 2 unspecified atom stereocenters. The van der Waals surface area contributed by atoms with Gasteiger partial charge in [-0.15, -0.1) is 11.8 Å². The third kappa shape index (κ3) is 7.78. The van der Waals surface area contributed by atoms with Crippen molar-refractivity contribution in [1.29, 1.82) is 0 Å². The number of aromatic nitrogens is 1. The van der Waals surface area contributed by atoms with Gasteiger partial charge in [-0.1, -0.05) is 19.0 Å². The second-order valence-corrected chi connectivity index (χ2v) is 8.26. The molecule has 2 heterocycles. The van der Waals surface area contributed by atoms with E-state index in [9.17, 15) is 9.59 Å². The van der Waals surface area contributed by atoms with Crippen LogP contribution in [0.5, 0.6) is 0 Å². The topological polar surface area (TPSA) is 87.5 Å². The normalized spacial score (nSPS) is 20.7. The molecule has 0 saturated carbocycles. The number of hydrogen-bond acceptors (Lipinski definition) is 6. The van der Waals surface area contributed by atoms with Crippen LogP contribution in [0.2, 0.25) is 0 Å². The van der Waals surface area contributed by atoms with Crippen molar-refractivity contribution in [3.63, 3.8) is 0 Å². The van der Waals surface area contributed by atoms with Gasteiger partial charge in [0.2, 0.25) is 11.8 Å². The molecule has 26 heavy (non-hydrogen) atoms. The van der Waals surface area contributed by atoms with Crippen molar-refractivity contribution in [2.75, 3.05) is 43.0 Å². The third-order valence-electron chi connectivity index (χ3n) is 4.28. The number of carbonyl (C=O) groups is 2. The first-order valence-electron chi connectivity index (χ1n) is 9.22. The van der Waals surface area contributed by atoms with Crippen molar-refractivity contribution < 1.29 is 14.1 Å². The number of piperidine rings is 1. The van der Waals surface area contributed by atoms with Crippen molar-refractivity contribution in [2.24, 2.45) is 11.8 Å². The molecule has 1 aromatic rings. The van der Waals surface area contributed by atoms with E-state index in [0.29, 0.717) is 18.1 Å². The Morgan fingerprint density at radius 3 is 2.62 bits per heavy atom. The summed E-state index contributed by atoms with van der Waals surface area (Å²) in [7, 11) is 0. The third-order valence-corrected chi connectivity index (χ3v) is 5.21. The molecule has 0 spiro atoms. The highest BCUT2D eigenvalue weighted by molar-refractivity contribution is 8.00. The van der Waals surface area contributed by atoms with Crippen LogP contribution in [0.25, 0.3) is 0 Å². The van der Waals surface area contributed by atoms with Gasteiger partial charge in [-0.3, -0.25) is 9.59 Å². The lowest BCUT2D eigenvalue weighted by Crippen LogP contribution is -2.40. The number of nitrogens with zero attached hydrogens (tertiary/aromatic N) is 2. The first-order valence-corrected chi connectivity index (χ1v) is 10.4. The smallest absolute Gasteiger partial charge is 0.235 e. The highest BCUT2D eigenvalue weighted by Gasteiger charge is 2.21. The van der Waals surface area contributed by atoms with Crippen LogP contribution in [0.1, 0.15) is 32.4 Å². The van der Waals surface area contributed by atoms with E-state index in [1.807, 2.05) is 0 Å². The summed E-state index contributed by atoms with van der Waals surface area (Å²) in [4.78, 5) is 26.1. The molecule has 0 bridgehead atoms. The zero-order valence-electron chi connectivity index (χ0n) is 15.9. The van der Waals surface area contributed by atoms with E-state index in [1.165, 1.54) is 18.2 Å². The number of anilines is 1. The Labute approximate surface area is 159 Å². The van der Waals surface area contributed by atoms with Gasteiger partial charge in [0.25, 0.3) is 0 Å². The summed E-state index contributed by atoms with van der Waals surface area (Å²) in [6, 6.07) is 1.65. The standard InChI is InChI=1S/C18H30N4O3S/c1-13-7-14(2)10-22(9-13)6-4-5-19-17(23)11-26-12-18(24)20-16-8-15(3)25-21-16/h8,13-14H,4-7,9-12H2,1-3H3,(H,19,23)(H,20,21,24). The van der Waals surface area contributed by atoms with E-state index in [4.69, 9.17) is 4.52 Å². The van der Waals surface area contributed by atoms with Crippen molar-refractivity contribution in [1.82, 2.24) is 15.4 Å². The first kappa shape index (κ1) is 20.8. The van der Waals surface area contributed by atoms with E-state index in [-0.39, 0.29) is 23.3 Å². The quantitative estimate of drug-likeness (QED) is 0.636. The maximum Gasteiger partial charge on any atom is 0.235 e. The van der Waals surface area contributed by atoms with Gasteiger partial charge in [0.05, 0.1) is 11.5 Å². The Morgan fingerprint density at radius 1 is 1.27 bits per heavy atom. The molecule has 2 amide bonds. The SMILES string of the molecule is Cc1cc(NC(=O)CSCC(=O)NCCCN2CC(C)CC(C)C2)no1. The molecule has 1 aromatic heterocycles. The highest BCUT2D eigenvalue weighted by Crippen LogP contribution is 2.20. The van der Waals surface area contributed by atoms with Gasteiger partial charge in [-0.25, -0.2) is 0 Å². The lowest BCUT2D eigenvalue weighted by Gasteiger charge is -2.34. The number of thioether (sulfide) groups is 1. The van der Waals surface area contributed by atoms with E-state index in [1.54, 1.807) is 13.0 Å². The molecule has 2 atom stereocenters. The molecule has 0 radical (unpaired) electrons. The summed E-state index contributed by atoms with van der Waals surface area (Å²) in [5, 5.41) is 9.25. The van der Waals surface area contributed by atoms with Gasteiger partial charge in [0.15, 0.2) is 5.82 Å². The molecule has 1 saturated heterocycles. The van der Waals surface area contributed by atoms with Gasteiger partial charge in [0.1, 0.15) is 5.76 Å². The predicted molar refractivity (Wildman–Crippen MR) is 104 cm³/mol. The number of likely N-dealkylation sites (tertiary alicyclic amines) is 1. The summed E-state index contributed by atoms with van der Waals surface area (Å²) >= 11 is 1.29. The maximum absolute atomic E-state index is 11.8. The fourth-order valence-corrected chi connectivity index (χ4v) is 4.04. The minimum atomic E-state index is -0.190. The minimum absolute atomic E-state index is 0.0274. The van der Waals surface area contributed by atoms with Gasteiger partial charge >= 0.3 is 0 Å². The molecule has 1 fully saturated rings. The Bertz CT molecular complexity index is 583. The first-order chi connectivity index (χ1) is 12.4. The number of nitrogens with one attached hydrogen (secondary N) is 2. The molecule has 8 heteroatoms. The zero-order chi connectivity index (χ0) is 18.9. The Kier molecular flexibility index (Phi) is 8.44. The van der Waals surface area contributed by atoms with E-state index in [2.05, 4.69) is 34.5 Å². The predicted octanol–water partition coefficient (Wildman–Crippen LogP) is 2.14. The van der Waals surface area contributed by atoms with Crippen molar-refractivity contribution >= 4 is 29.4 Å². The fourth-order valence-electron chi connectivity index (χ4n) is 3.40. The number of carbonyl (C=O) groups excluding carboxylic acids is 2. The summed E-state index contributed by atoms with van der Waals surface area (Å²) in [6.45, 7) is 10.4. The average Bonchev–Trinajstić information content (AvgIpc) is 2.95. The molecule has 0 aliphatic carbocycles. The van der Waals surface area contributed by atoms with Crippen molar-refractivity contribution in [3.8, 4) is 0 Å². The van der Waals surface area contributed by atoms with Crippen molar-refractivity contribution in [3.05, 3.63) is 11.8 Å². The van der Waals surface area contributed by atoms with E-state index >= 15 is 0 Å². The minimum Gasteiger partial charge on any atom is -0.360 e. The Hall–Kier alpha value is -1.54. The van der Waals surface area contributed by atoms with Crippen LogP contribution in [0.3, 0.4) is 0 Å². The largest absolute Gasteiger partial charge is 0.360 e. The second-order valence-electron chi connectivity index (χ2n) is 7.27. The summed E-state index contributed by atoms with van der Waals surface area (Å²) in [5.74, 6) is 2.84. The van der Waals surface area contributed by atoms with Gasteiger partial charge in [-0.05, 0) is 38.1 Å². The molecular weight excluding hydrogens is 352 g/mol. The molecular formula is C18H30N4O3S. The Balaban J connectivity index is 1.50. The van der Waals surface area contributed by atoms with E-state index in [0.717, 1.165) is 37.9 Å². The summed E-state index contributed by atoms with van der Waals surface area (Å²) in [6.07, 6.45) is 2.27. The number of hydrogen-bond donors (Lipinski definition) is 2. The van der Waals surface area contributed by atoms with Gasteiger partial charge < -0.3 is 20.1 Å². The zero-order valence-corrected chi connectivity index (χ0v) is 16.7. The average molecular weight is 383 g/mol. The maximum atomic E-state index is 11.8. The molecule has 2 N–H and O–H groups in total. The lowest BCUT2D eigenvalue weighted by atomic mass is 9.92. The summed E-state index contributed by atoms with van der Waals surface area (Å²) in [5.41, 5.74) is 0. The molecule has 0 aromatic carbocycles. The van der Waals surface area contributed by atoms with Crippen LogP contribution in [0.4, 0.5) is 5.82 Å². The van der Waals surface area contributed by atoms with Crippen LogP contribution in [-0.4, -0.2) is 59.6 Å². The highest BCUT2D eigenvalue weighted by atomic mass is 32.2. The molecule has 7 nitrogen and oxygen atoms in total. The van der Waals surface area contributed by atoms with Crippen molar-refractivity contribution in [2.45, 2.75) is 33.6 Å². The fraction of sp³-hybridized carbons (Fsp3) is 0.722. The van der Waals surface area contributed by atoms with E-state index < -0.39 is 0 Å². The van der Waals surface area contributed by atoms with Gasteiger partial charge in [0, 0.05) is 25.7 Å². The van der Waals surface area contributed by atoms with Crippen LogP contribution in [0.15, 0.2) is 10.6 Å². The summed E-state index contributed by atoms with van der Waals surface area (Å²) < 4.78 is 4.88. The Morgan fingerprint density at radius 2 is 1.96 bits per heavy atom. The van der Waals surface area contributed by atoms with Crippen LogP contribution in [0, 0.1) is 18.8 Å². The molecule has 1 aliphatic rings. The van der Waals surface area contributed by atoms with Crippen LogP contribution >= 0.6 is 11.8 Å².